The molecule has 0 fully saturated rings. The number of hydrogen-bond acceptors (Lipinski definition) is 5. The molecule has 0 unspecified atom stereocenters. The van der Waals surface area contributed by atoms with Crippen LogP contribution in [0.2, 0.25) is 0 Å². The van der Waals surface area contributed by atoms with E-state index in [0.717, 1.165) is 5.56 Å². The van der Waals surface area contributed by atoms with Gasteiger partial charge in [-0.25, -0.2) is 0 Å². The van der Waals surface area contributed by atoms with Gasteiger partial charge in [0, 0.05) is 31.1 Å². The fourth-order valence-electron chi connectivity index (χ4n) is 1.73. The molecular weight excluding hydrogens is 244 g/mol. The number of aromatic nitrogens is 2. The van der Waals surface area contributed by atoms with Gasteiger partial charge in [0.05, 0.1) is 0 Å². The van der Waals surface area contributed by atoms with Crippen molar-refractivity contribution < 1.29 is 9.32 Å². The second-order valence-corrected chi connectivity index (χ2v) is 4.26. The van der Waals surface area contributed by atoms with Gasteiger partial charge in [-0.2, -0.15) is 4.98 Å². The molecule has 0 bridgehead atoms. The Hall–Kier alpha value is -2.37. The zero-order valence-electron chi connectivity index (χ0n) is 10.9. The Morgan fingerprint density at radius 1 is 1.42 bits per heavy atom. The Balaban J connectivity index is 1.93. The third-order valence-electron chi connectivity index (χ3n) is 2.82. The highest BCUT2D eigenvalue weighted by Crippen LogP contribution is 2.15. The van der Waals surface area contributed by atoms with Gasteiger partial charge in [0.15, 0.2) is 5.82 Å². The van der Waals surface area contributed by atoms with Crippen LogP contribution in [0.4, 0.5) is 5.69 Å². The number of rotatable bonds is 4. The van der Waals surface area contributed by atoms with E-state index in [1.807, 2.05) is 6.92 Å². The molecular formula is C13H16N4O2. The summed E-state index contributed by atoms with van der Waals surface area (Å²) in [6.45, 7) is 4.00. The van der Waals surface area contributed by atoms with Gasteiger partial charge in [0.25, 0.3) is 5.91 Å². The van der Waals surface area contributed by atoms with E-state index in [-0.39, 0.29) is 5.91 Å². The Bertz CT molecular complexity index is 592. The van der Waals surface area contributed by atoms with Crippen molar-refractivity contribution in [1.29, 1.82) is 0 Å². The number of carbonyl (C=O) groups is 1. The molecule has 0 aliphatic heterocycles. The number of nitrogen functional groups attached to an aromatic ring is 1. The highest BCUT2D eigenvalue weighted by molar-refractivity contribution is 5.96. The van der Waals surface area contributed by atoms with Crippen LogP contribution in [0.5, 0.6) is 0 Å². The Kier molecular flexibility index (Phi) is 3.79. The Labute approximate surface area is 111 Å². The van der Waals surface area contributed by atoms with Crippen molar-refractivity contribution >= 4 is 11.6 Å². The number of nitrogens with one attached hydrogen (secondary N) is 1. The molecule has 100 valence electrons. The average molecular weight is 260 g/mol. The summed E-state index contributed by atoms with van der Waals surface area (Å²) in [5.41, 5.74) is 7.76. The average Bonchev–Trinajstić information content (AvgIpc) is 2.78. The first-order valence-corrected chi connectivity index (χ1v) is 6.00. The van der Waals surface area contributed by atoms with Gasteiger partial charge in [-0.15, -0.1) is 0 Å². The third kappa shape index (κ3) is 3.09. The maximum Gasteiger partial charge on any atom is 0.251 e. The third-order valence-corrected chi connectivity index (χ3v) is 2.82. The fraction of sp³-hybridized carbons (Fsp3) is 0.308. The van der Waals surface area contributed by atoms with Crippen molar-refractivity contribution in [2.24, 2.45) is 0 Å². The number of amides is 1. The molecule has 2 rings (SSSR count). The van der Waals surface area contributed by atoms with Crippen molar-refractivity contribution in [3.63, 3.8) is 0 Å². The summed E-state index contributed by atoms with van der Waals surface area (Å²) < 4.78 is 4.85. The predicted molar refractivity (Wildman–Crippen MR) is 70.7 cm³/mol. The van der Waals surface area contributed by atoms with Crippen LogP contribution >= 0.6 is 0 Å². The summed E-state index contributed by atoms with van der Waals surface area (Å²) in [7, 11) is 0. The molecule has 6 heteroatoms. The molecule has 0 aliphatic carbocycles. The summed E-state index contributed by atoms with van der Waals surface area (Å²) in [5.74, 6) is 0.958. The van der Waals surface area contributed by atoms with Crippen LogP contribution in [0.3, 0.4) is 0 Å². The van der Waals surface area contributed by atoms with E-state index in [1.54, 1.807) is 25.1 Å². The SMILES string of the molecule is Cc1nc(CCNC(=O)c2cccc(N)c2C)no1. The zero-order chi connectivity index (χ0) is 13.8. The lowest BCUT2D eigenvalue weighted by molar-refractivity contribution is 0.0953. The van der Waals surface area contributed by atoms with Gasteiger partial charge < -0.3 is 15.6 Å². The summed E-state index contributed by atoms with van der Waals surface area (Å²) in [4.78, 5) is 16.0. The first-order chi connectivity index (χ1) is 9.08. The molecule has 1 amide bonds. The number of benzene rings is 1. The standard InChI is InChI=1S/C13H16N4O2/c1-8-10(4-3-5-11(8)14)13(18)15-7-6-12-16-9(2)19-17-12/h3-5H,6-7,14H2,1-2H3,(H,15,18). The van der Waals surface area contributed by atoms with Crippen LogP contribution in [0.25, 0.3) is 0 Å². The first-order valence-electron chi connectivity index (χ1n) is 6.00. The lowest BCUT2D eigenvalue weighted by atomic mass is 10.1. The molecule has 1 aromatic heterocycles. The molecule has 0 radical (unpaired) electrons. The monoisotopic (exact) mass is 260 g/mol. The lowest BCUT2D eigenvalue weighted by Crippen LogP contribution is -2.26. The van der Waals surface area contributed by atoms with E-state index in [2.05, 4.69) is 15.5 Å². The minimum absolute atomic E-state index is 0.148. The lowest BCUT2D eigenvalue weighted by Gasteiger charge is -2.08. The van der Waals surface area contributed by atoms with Crippen LogP contribution < -0.4 is 11.1 Å². The van der Waals surface area contributed by atoms with E-state index >= 15 is 0 Å². The summed E-state index contributed by atoms with van der Waals surface area (Å²) in [5, 5.41) is 6.57. The Morgan fingerprint density at radius 2 is 2.21 bits per heavy atom. The molecule has 0 aliphatic rings. The van der Waals surface area contributed by atoms with E-state index in [0.29, 0.717) is 35.9 Å². The van der Waals surface area contributed by atoms with Crippen molar-refractivity contribution in [3.8, 4) is 0 Å². The number of anilines is 1. The molecule has 0 saturated heterocycles. The number of carbonyl (C=O) groups excluding carboxylic acids is 1. The zero-order valence-corrected chi connectivity index (χ0v) is 10.9. The number of nitrogens with two attached hydrogens (primary N) is 1. The van der Waals surface area contributed by atoms with Gasteiger partial charge in [-0.1, -0.05) is 11.2 Å². The molecule has 0 spiro atoms. The largest absolute Gasteiger partial charge is 0.398 e. The molecule has 3 N–H and O–H groups in total. The molecule has 0 saturated carbocycles. The number of nitrogens with zero attached hydrogens (tertiary/aromatic N) is 2. The number of hydrogen-bond donors (Lipinski definition) is 2. The molecule has 6 nitrogen and oxygen atoms in total. The number of aryl methyl sites for hydroxylation is 1. The van der Waals surface area contributed by atoms with E-state index in [4.69, 9.17) is 10.3 Å². The molecule has 2 aromatic rings. The second-order valence-electron chi connectivity index (χ2n) is 4.26. The van der Waals surface area contributed by atoms with Crippen LogP contribution in [0, 0.1) is 13.8 Å². The quantitative estimate of drug-likeness (QED) is 0.807. The van der Waals surface area contributed by atoms with Crippen molar-refractivity contribution in [2.45, 2.75) is 20.3 Å². The smallest absolute Gasteiger partial charge is 0.251 e. The highest BCUT2D eigenvalue weighted by atomic mass is 16.5. The van der Waals surface area contributed by atoms with Crippen molar-refractivity contribution in [2.75, 3.05) is 12.3 Å². The van der Waals surface area contributed by atoms with E-state index < -0.39 is 0 Å². The minimum atomic E-state index is -0.148. The van der Waals surface area contributed by atoms with Crippen molar-refractivity contribution in [3.05, 3.63) is 41.0 Å². The van der Waals surface area contributed by atoms with Gasteiger partial charge in [-0.05, 0) is 24.6 Å². The predicted octanol–water partition coefficient (Wildman–Crippen LogP) is 1.24. The Morgan fingerprint density at radius 3 is 2.89 bits per heavy atom. The van der Waals surface area contributed by atoms with Crippen molar-refractivity contribution in [1.82, 2.24) is 15.5 Å². The second kappa shape index (κ2) is 5.51. The fourth-order valence-corrected chi connectivity index (χ4v) is 1.73. The maximum atomic E-state index is 12.0. The highest BCUT2D eigenvalue weighted by Gasteiger charge is 2.10. The molecule has 1 aromatic carbocycles. The summed E-state index contributed by atoms with van der Waals surface area (Å²) in [6, 6.07) is 5.29. The molecule has 1 heterocycles. The minimum Gasteiger partial charge on any atom is -0.398 e. The van der Waals surface area contributed by atoms with Gasteiger partial charge in [-0.3, -0.25) is 4.79 Å². The normalized spacial score (nSPS) is 10.4. The van der Waals surface area contributed by atoms with Gasteiger partial charge in [0.2, 0.25) is 5.89 Å². The first kappa shape index (κ1) is 13.1. The van der Waals surface area contributed by atoms with E-state index in [1.165, 1.54) is 0 Å². The van der Waals surface area contributed by atoms with Crippen LogP contribution in [0.1, 0.15) is 27.6 Å². The maximum absolute atomic E-state index is 12.0. The van der Waals surface area contributed by atoms with E-state index in [9.17, 15) is 4.79 Å². The summed E-state index contributed by atoms with van der Waals surface area (Å²) in [6.07, 6.45) is 0.532. The molecule has 19 heavy (non-hydrogen) atoms. The van der Waals surface area contributed by atoms with Crippen LogP contribution in [-0.4, -0.2) is 22.6 Å². The summed E-state index contributed by atoms with van der Waals surface area (Å²) >= 11 is 0. The topological polar surface area (TPSA) is 94.0 Å². The van der Waals surface area contributed by atoms with Crippen LogP contribution in [0.15, 0.2) is 22.7 Å². The van der Waals surface area contributed by atoms with Gasteiger partial charge in [0.1, 0.15) is 0 Å². The van der Waals surface area contributed by atoms with Gasteiger partial charge >= 0.3 is 0 Å². The molecule has 0 atom stereocenters. The van der Waals surface area contributed by atoms with Crippen LogP contribution in [-0.2, 0) is 6.42 Å².